The summed E-state index contributed by atoms with van der Waals surface area (Å²) in [6, 6.07) is 11.1. The highest BCUT2D eigenvalue weighted by molar-refractivity contribution is 5.83. The smallest absolute Gasteiger partial charge is 0.310 e. The summed E-state index contributed by atoms with van der Waals surface area (Å²) in [4.78, 5) is 10.7. The summed E-state index contributed by atoms with van der Waals surface area (Å²) >= 11 is 0. The maximum absolute atomic E-state index is 11.2. The largest absolute Gasteiger partial charge is 0.490 e. The van der Waals surface area contributed by atoms with Gasteiger partial charge in [-0.25, -0.2) is 0 Å². The Morgan fingerprint density at radius 2 is 2.07 bits per heavy atom. The fourth-order valence-electron chi connectivity index (χ4n) is 3.67. The van der Waals surface area contributed by atoms with Crippen molar-refractivity contribution in [1.29, 1.82) is 0 Å². The second-order valence-corrected chi connectivity index (χ2v) is 7.21. The number of benzene rings is 2. The number of aliphatic hydroxyl groups excluding tert-OH is 1. The second kappa shape index (κ2) is 8.42. The molecule has 3 N–H and O–H groups in total. The Kier molecular flexibility index (Phi) is 5.54. The molecule has 2 aliphatic rings. The molecule has 0 atom stereocenters. The van der Waals surface area contributed by atoms with Crippen molar-refractivity contribution in [1.82, 2.24) is 0 Å². The fraction of sp³-hybridized carbons (Fsp3) is 0.217. The van der Waals surface area contributed by atoms with Crippen LogP contribution in [0.15, 0.2) is 66.0 Å². The number of methoxy groups -OCH3 is 1. The fourth-order valence-corrected chi connectivity index (χ4v) is 3.67. The van der Waals surface area contributed by atoms with E-state index < -0.39 is 4.92 Å². The summed E-state index contributed by atoms with van der Waals surface area (Å²) in [6.07, 6.45) is 8.43. The molecule has 1 heterocycles. The van der Waals surface area contributed by atoms with Gasteiger partial charge in [0.25, 0.3) is 0 Å². The lowest BCUT2D eigenvalue weighted by atomic mass is 9.94. The molecule has 2 aromatic carbocycles. The number of allylic oxidation sites excluding steroid dienone is 4. The first kappa shape index (κ1) is 19.7. The van der Waals surface area contributed by atoms with E-state index >= 15 is 0 Å². The van der Waals surface area contributed by atoms with E-state index in [9.17, 15) is 10.1 Å². The van der Waals surface area contributed by atoms with Gasteiger partial charge < -0.3 is 20.5 Å². The molecular formula is C23H23N3O4. The van der Waals surface area contributed by atoms with Crippen molar-refractivity contribution in [3.63, 3.8) is 0 Å². The number of anilines is 2. The van der Waals surface area contributed by atoms with Gasteiger partial charge in [-0.05, 0) is 71.9 Å². The average molecular weight is 405 g/mol. The number of fused-ring (bicyclic) bond motifs is 2. The van der Waals surface area contributed by atoms with Crippen LogP contribution in [0.5, 0.6) is 5.75 Å². The van der Waals surface area contributed by atoms with Crippen LogP contribution in [0.4, 0.5) is 17.1 Å². The lowest BCUT2D eigenvalue weighted by molar-refractivity contribution is -0.385. The second-order valence-electron chi connectivity index (χ2n) is 7.21. The zero-order valence-electron chi connectivity index (χ0n) is 16.6. The van der Waals surface area contributed by atoms with Crippen LogP contribution in [0.2, 0.25) is 0 Å². The van der Waals surface area contributed by atoms with Gasteiger partial charge in [0.05, 0.1) is 23.4 Å². The molecule has 154 valence electrons. The molecule has 30 heavy (non-hydrogen) atoms. The standard InChI is InChI=1S/C23H23N3O4/c1-30-23-13-17(7-9-22(23)26(28)29)16-5-6-18-14-24-19-8-4-15(3-2-10-27)11-21(19)25-20(18)12-16/h4-5,7-9,11-14,24-25,27H,2-3,6,10H2,1H3. The minimum Gasteiger partial charge on any atom is -0.490 e. The number of hydrogen-bond acceptors (Lipinski definition) is 6. The number of aliphatic hydroxyl groups is 1. The van der Waals surface area contributed by atoms with E-state index in [1.54, 1.807) is 12.1 Å². The third-order valence-electron chi connectivity index (χ3n) is 5.28. The Morgan fingerprint density at radius 3 is 2.83 bits per heavy atom. The average Bonchev–Trinajstić information content (AvgIpc) is 2.95. The highest BCUT2D eigenvalue weighted by Gasteiger charge is 2.20. The van der Waals surface area contributed by atoms with Crippen LogP contribution in [0.1, 0.15) is 24.0 Å². The first-order valence-corrected chi connectivity index (χ1v) is 9.80. The molecule has 0 radical (unpaired) electrons. The van der Waals surface area contributed by atoms with Crippen molar-refractivity contribution in [3.8, 4) is 5.75 Å². The van der Waals surface area contributed by atoms with Crippen molar-refractivity contribution >= 4 is 22.6 Å². The number of nitro groups is 1. The molecule has 2 aromatic rings. The van der Waals surface area contributed by atoms with E-state index in [4.69, 9.17) is 9.84 Å². The van der Waals surface area contributed by atoms with Crippen LogP contribution in [-0.4, -0.2) is 23.7 Å². The van der Waals surface area contributed by atoms with Crippen LogP contribution in [-0.2, 0) is 6.42 Å². The number of nitrogens with zero attached hydrogens (tertiary/aromatic N) is 1. The lowest BCUT2D eigenvalue weighted by Gasteiger charge is -2.18. The molecule has 0 amide bonds. The molecule has 7 nitrogen and oxygen atoms in total. The monoisotopic (exact) mass is 405 g/mol. The molecule has 0 aromatic heterocycles. The van der Waals surface area contributed by atoms with Gasteiger partial charge in [0.15, 0.2) is 5.75 Å². The van der Waals surface area contributed by atoms with Crippen molar-refractivity contribution in [3.05, 3.63) is 87.3 Å². The molecule has 0 spiro atoms. The summed E-state index contributed by atoms with van der Waals surface area (Å²) in [5, 5.41) is 27.1. The van der Waals surface area contributed by atoms with Crippen molar-refractivity contribution in [2.24, 2.45) is 0 Å². The maximum atomic E-state index is 11.2. The molecule has 1 aliphatic heterocycles. The van der Waals surface area contributed by atoms with Crippen LogP contribution in [0, 0.1) is 10.1 Å². The molecule has 0 bridgehead atoms. The predicted molar refractivity (Wildman–Crippen MR) is 118 cm³/mol. The van der Waals surface area contributed by atoms with Crippen LogP contribution in [0.25, 0.3) is 5.57 Å². The van der Waals surface area contributed by atoms with Crippen LogP contribution < -0.4 is 15.4 Å². The minimum atomic E-state index is -0.443. The number of rotatable bonds is 6. The Bertz CT molecular complexity index is 1090. The molecule has 0 saturated heterocycles. The van der Waals surface area contributed by atoms with E-state index in [1.807, 2.05) is 18.3 Å². The molecular weight excluding hydrogens is 382 g/mol. The molecule has 4 rings (SSSR count). The van der Waals surface area contributed by atoms with Gasteiger partial charge in [0.2, 0.25) is 0 Å². The van der Waals surface area contributed by atoms with E-state index in [0.717, 1.165) is 58.6 Å². The Hall–Kier alpha value is -3.58. The molecule has 7 heteroatoms. The van der Waals surface area contributed by atoms with Crippen LogP contribution in [0.3, 0.4) is 0 Å². The molecule has 1 aliphatic carbocycles. The summed E-state index contributed by atoms with van der Waals surface area (Å²) in [5.74, 6) is 0.243. The van der Waals surface area contributed by atoms with Crippen molar-refractivity contribution in [2.45, 2.75) is 19.3 Å². The van der Waals surface area contributed by atoms with E-state index in [1.165, 1.54) is 13.2 Å². The number of aryl methyl sites for hydroxylation is 1. The minimum absolute atomic E-state index is 0.0491. The van der Waals surface area contributed by atoms with Crippen molar-refractivity contribution < 1.29 is 14.8 Å². The number of hydrogen-bond donors (Lipinski definition) is 3. The van der Waals surface area contributed by atoms with Gasteiger partial charge in [0.1, 0.15) is 0 Å². The number of nitro benzene ring substituents is 1. The Morgan fingerprint density at radius 1 is 1.20 bits per heavy atom. The van der Waals surface area contributed by atoms with E-state index in [0.29, 0.717) is 0 Å². The van der Waals surface area contributed by atoms with E-state index in [2.05, 4.69) is 28.8 Å². The molecule has 0 saturated carbocycles. The third-order valence-corrected chi connectivity index (χ3v) is 5.28. The topological polar surface area (TPSA) is 96.7 Å². The van der Waals surface area contributed by atoms with Gasteiger partial charge in [-0.15, -0.1) is 0 Å². The Balaban J connectivity index is 1.64. The zero-order valence-corrected chi connectivity index (χ0v) is 16.6. The summed E-state index contributed by atoms with van der Waals surface area (Å²) in [5.41, 5.74) is 7.02. The quantitative estimate of drug-likeness (QED) is 0.479. The third kappa shape index (κ3) is 3.92. The number of ether oxygens (including phenoxy) is 1. The van der Waals surface area contributed by atoms with Gasteiger partial charge in [-0.1, -0.05) is 12.1 Å². The van der Waals surface area contributed by atoms with Gasteiger partial charge in [-0.2, -0.15) is 0 Å². The summed E-state index contributed by atoms with van der Waals surface area (Å²) in [7, 11) is 1.44. The molecule has 0 fully saturated rings. The summed E-state index contributed by atoms with van der Waals surface area (Å²) < 4.78 is 5.21. The SMILES string of the molecule is COc1cc(C2=CCC3=CNc4ccc(CCCO)cc4NC3=C2)ccc1[N+](=O)[O-]. The first-order valence-electron chi connectivity index (χ1n) is 9.80. The number of nitrogens with one attached hydrogen (secondary N) is 2. The summed E-state index contributed by atoms with van der Waals surface area (Å²) in [6.45, 7) is 0.173. The van der Waals surface area contributed by atoms with Gasteiger partial charge in [-0.3, -0.25) is 10.1 Å². The lowest BCUT2D eigenvalue weighted by Crippen LogP contribution is -2.06. The Labute approximate surface area is 174 Å². The first-order chi connectivity index (χ1) is 14.6. The van der Waals surface area contributed by atoms with Gasteiger partial charge in [0, 0.05) is 24.6 Å². The van der Waals surface area contributed by atoms with Gasteiger partial charge >= 0.3 is 5.69 Å². The van der Waals surface area contributed by atoms with Crippen LogP contribution >= 0.6 is 0 Å². The predicted octanol–water partition coefficient (Wildman–Crippen LogP) is 4.62. The highest BCUT2D eigenvalue weighted by Crippen LogP contribution is 2.37. The van der Waals surface area contributed by atoms with Crippen molar-refractivity contribution in [2.75, 3.05) is 24.4 Å². The molecule has 0 unspecified atom stereocenters. The van der Waals surface area contributed by atoms with E-state index in [-0.39, 0.29) is 18.0 Å². The maximum Gasteiger partial charge on any atom is 0.310 e. The highest BCUT2D eigenvalue weighted by atomic mass is 16.6. The normalized spacial score (nSPS) is 14.7. The zero-order chi connectivity index (χ0) is 21.1.